The highest BCUT2D eigenvalue weighted by Gasteiger charge is 2.15. The van der Waals surface area contributed by atoms with Gasteiger partial charge in [-0.1, -0.05) is 48.0 Å². The summed E-state index contributed by atoms with van der Waals surface area (Å²) in [4.78, 5) is 14.2. The molecular weight excluding hydrogens is 334 g/mol. The molecule has 0 saturated heterocycles. The molecule has 0 bridgehead atoms. The summed E-state index contributed by atoms with van der Waals surface area (Å²) in [5.41, 5.74) is 2.97. The summed E-state index contributed by atoms with van der Waals surface area (Å²) in [7, 11) is 1.81. The van der Waals surface area contributed by atoms with Crippen molar-refractivity contribution in [3.63, 3.8) is 0 Å². The second-order valence-corrected chi connectivity index (χ2v) is 6.50. The zero-order chi connectivity index (χ0) is 17.8. The molecule has 4 heteroatoms. The Hall–Kier alpha value is -2.52. The van der Waals surface area contributed by atoms with E-state index in [-0.39, 0.29) is 11.9 Å². The SMILES string of the molecule is C[C@@H](c1ccccc1)N(C)C(=O)/C=C/C1=Cc2cc(Cl)ccc2OC1. The van der Waals surface area contributed by atoms with Gasteiger partial charge in [0.05, 0.1) is 6.04 Å². The standard InChI is InChI=1S/C21H20ClNO2/c1-15(17-6-4-3-5-7-17)23(2)21(24)11-8-16-12-18-13-19(22)9-10-20(18)25-14-16/h3-13,15H,14H2,1-2H3/b11-8+/t15-/m0/s1. The average molecular weight is 354 g/mol. The van der Waals surface area contributed by atoms with E-state index < -0.39 is 0 Å². The van der Waals surface area contributed by atoms with E-state index in [4.69, 9.17) is 16.3 Å². The van der Waals surface area contributed by atoms with Gasteiger partial charge in [0.2, 0.25) is 5.91 Å². The Kier molecular flexibility index (Phi) is 5.25. The predicted molar refractivity (Wildman–Crippen MR) is 102 cm³/mol. The molecule has 0 aliphatic carbocycles. The van der Waals surface area contributed by atoms with E-state index in [0.717, 1.165) is 22.4 Å². The minimum Gasteiger partial charge on any atom is -0.488 e. The van der Waals surface area contributed by atoms with Gasteiger partial charge in [0.25, 0.3) is 0 Å². The number of hydrogen-bond acceptors (Lipinski definition) is 2. The monoisotopic (exact) mass is 353 g/mol. The first-order chi connectivity index (χ1) is 12.0. The topological polar surface area (TPSA) is 29.5 Å². The highest BCUT2D eigenvalue weighted by molar-refractivity contribution is 6.30. The summed E-state index contributed by atoms with van der Waals surface area (Å²) in [5, 5.41) is 0.663. The summed E-state index contributed by atoms with van der Waals surface area (Å²) in [6.45, 7) is 2.46. The molecule has 0 radical (unpaired) electrons. The number of hydrogen-bond donors (Lipinski definition) is 0. The van der Waals surface area contributed by atoms with Gasteiger partial charge in [-0.05, 0) is 42.3 Å². The lowest BCUT2D eigenvalue weighted by Crippen LogP contribution is -2.28. The van der Waals surface area contributed by atoms with Crippen molar-refractivity contribution in [2.45, 2.75) is 13.0 Å². The van der Waals surface area contributed by atoms with Crippen LogP contribution in [0, 0.1) is 0 Å². The summed E-state index contributed by atoms with van der Waals surface area (Å²) >= 11 is 6.02. The van der Waals surface area contributed by atoms with E-state index in [0.29, 0.717) is 11.6 Å². The highest BCUT2D eigenvalue weighted by Crippen LogP contribution is 2.29. The van der Waals surface area contributed by atoms with Gasteiger partial charge in [0.15, 0.2) is 0 Å². The summed E-state index contributed by atoms with van der Waals surface area (Å²) in [6.07, 6.45) is 5.39. The predicted octanol–water partition coefficient (Wildman–Crippen LogP) is 4.89. The van der Waals surface area contributed by atoms with Gasteiger partial charge in [-0.15, -0.1) is 0 Å². The fourth-order valence-electron chi connectivity index (χ4n) is 2.70. The molecule has 128 valence electrons. The molecule has 2 aromatic rings. The molecule has 0 N–H and O–H groups in total. The van der Waals surface area contributed by atoms with E-state index in [9.17, 15) is 4.79 Å². The third kappa shape index (κ3) is 4.12. The number of rotatable bonds is 4. The Morgan fingerprint density at radius 1 is 1.24 bits per heavy atom. The number of halogens is 1. The summed E-state index contributed by atoms with van der Waals surface area (Å²) < 4.78 is 5.70. The van der Waals surface area contributed by atoms with E-state index >= 15 is 0 Å². The number of nitrogens with zero attached hydrogens (tertiary/aromatic N) is 1. The Labute approximate surface area is 153 Å². The molecule has 0 aromatic heterocycles. The van der Waals surface area contributed by atoms with Crippen molar-refractivity contribution >= 4 is 23.6 Å². The molecule has 1 aliphatic heterocycles. The van der Waals surface area contributed by atoms with Crippen molar-refractivity contribution in [3.8, 4) is 5.75 Å². The van der Waals surface area contributed by atoms with Crippen molar-refractivity contribution in [2.75, 3.05) is 13.7 Å². The van der Waals surface area contributed by atoms with Gasteiger partial charge in [-0.2, -0.15) is 0 Å². The van der Waals surface area contributed by atoms with Crippen molar-refractivity contribution in [1.82, 2.24) is 4.90 Å². The second-order valence-electron chi connectivity index (χ2n) is 6.06. The molecule has 0 fully saturated rings. The van der Waals surface area contributed by atoms with Crippen LogP contribution in [-0.4, -0.2) is 24.5 Å². The molecular formula is C21H20ClNO2. The van der Waals surface area contributed by atoms with Crippen LogP contribution in [-0.2, 0) is 4.79 Å². The molecule has 3 nitrogen and oxygen atoms in total. The quantitative estimate of drug-likeness (QED) is 0.732. The van der Waals surface area contributed by atoms with Crippen LogP contribution in [0.25, 0.3) is 6.08 Å². The smallest absolute Gasteiger partial charge is 0.246 e. The van der Waals surface area contributed by atoms with Crippen molar-refractivity contribution in [3.05, 3.63) is 82.4 Å². The molecule has 1 amide bonds. The van der Waals surface area contributed by atoms with Crippen LogP contribution in [0.3, 0.4) is 0 Å². The average Bonchev–Trinajstić information content (AvgIpc) is 2.65. The number of carbonyl (C=O) groups is 1. The van der Waals surface area contributed by atoms with Crippen molar-refractivity contribution < 1.29 is 9.53 Å². The van der Waals surface area contributed by atoms with E-state index in [2.05, 4.69) is 0 Å². The fraction of sp³-hybridized carbons (Fsp3) is 0.190. The molecule has 0 unspecified atom stereocenters. The maximum atomic E-state index is 12.5. The number of benzene rings is 2. The van der Waals surface area contributed by atoms with Gasteiger partial charge in [-0.3, -0.25) is 4.79 Å². The van der Waals surface area contributed by atoms with Gasteiger partial charge in [0.1, 0.15) is 12.4 Å². The molecule has 2 aromatic carbocycles. The van der Waals surface area contributed by atoms with Gasteiger partial charge < -0.3 is 9.64 Å². The Morgan fingerprint density at radius 3 is 2.76 bits per heavy atom. The normalized spacial score (nSPS) is 14.4. The minimum atomic E-state index is -0.0471. The van der Waals surface area contributed by atoms with Crippen molar-refractivity contribution in [2.24, 2.45) is 0 Å². The van der Waals surface area contributed by atoms with Gasteiger partial charge in [-0.25, -0.2) is 0 Å². The van der Waals surface area contributed by atoms with Crippen LogP contribution >= 0.6 is 11.6 Å². The highest BCUT2D eigenvalue weighted by atomic mass is 35.5. The van der Waals surface area contributed by atoms with E-state index in [1.165, 1.54) is 0 Å². The lowest BCUT2D eigenvalue weighted by Gasteiger charge is -2.24. The minimum absolute atomic E-state index is 0.00877. The number of ether oxygens (including phenoxy) is 1. The molecule has 0 spiro atoms. The van der Waals surface area contributed by atoms with Gasteiger partial charge >= 0.3 is 0 Å². The van der Waals surface area contributed by atoms with Crippen LogP contribution in [0.1, 0.15) is 24.1 Å². The third-order valence-corrected chi connectivity index (χ3v) is 4.59. The number of likely N-dealkylation sites (N-methyl/N-ethyl adjacent to an activating group) is 1. The zero-order valence-corrected chi connectivity index (χ0v) is 15.0. The number of carbonyl (C=O) groups excluding carboxylic acids is 1. The first-order valence-corrected chi connectivity index (χ1v) is 8.55. The Morgan fingerprint density at radius 2 is 2.00 bits per heavy atom. The van der Waals surface area contributed by atoms with Crippen LogP contribution < -0.4 is 4.74 Å². The summed E-state index contributed by atoms with van der Waals surface area (Å²) in [5.74, 6) is 0.761. The van der Waals surface area contributed by atoms with Crippen molar-refractivity contribution in [1.29, 1.82) is 0 Å². The third-order valence-electron chi connectivity index (χ3n) is 4.36. The van der Waals surface area contributed by atoms with Gasteiger partial charge in [0, 0.05) is 23.7 Å². The van der Waals surface area contributed by atoms with Crippen LogP contribution in [0.4, 0.5) is 0 Å². The second kappa shape index (κ2) is 7.58. The maximum Gasteiger partial charge on any atom is 0.246 e. The molecule has 25 heavy (non-hydrogen) atoms. The number of amides is 1. The summed E-state index contributed by atoms with van der Waals surface area (Å²) in [6, 6.07) is 15.5. The van der Waals surface area contributed by atoms with Crippen LogP contribution in [0.5, 0.6) is 5.75 Å². The zero-order valence-electron chi connectivity index (χ0n) is 14.3. The molecule has 1 heterocycles. The molecule has 1 aliphatic rings. The molecule has 1 atom stereocenters. The first-order valence-electron chi connectivity index (χ1n) is 8.17. The largest absolute Gasteiger partial charge is 0.488 e. The van der Waals surface area contributed by atoms with Crippen LogP contribution in [0.2, 0.25) is 5.02 Å². The van der Waals surface area contributed by atoms with Crippen LogP contribution in [0.15, 0.2) is 66.3 Å². The molecule has 3 rings (SSSR count). The first kappa shape index (κ1) is 17.3. The maximum absolute atomic E-state index is 12.5. The Bertz CT molecular complexity index is 827. The lowest BCUT2D eigenvalue weighted by molar-refractivity contribution is -0.126. The number of fused-ring (bicyclic) bond motifs is 1. The Balaban J connectivity index is 1.70. The molecule has 0 saturated carbocycles. The fourth-order valence-corrected chi connectivity index (χ4v) is 2.88. The lowest BCUT2D eigenvalue weighted by atomic mass is 10.1. The van der Waals surface area contributed by atoms with E-state index in [1.807, 2.05) is 62.5 Å². The van der Waals surface area contributed by atoms with E-state index in [1.54, 1.807) is 23.1 Å².